The smallest absolute Gasteiger partial charge is 0.189 e. The lowest BCUT2D eigenvalue weighted by Crippen LogP contribution is -2.08. The van der Waals surface area contributed by atoms with Crippen LogP contribution >= 0.6 is 0 Å². The number of rotatable bonds is 19. The minimum atomic E-state index is -0.236. The minimum absolute atomic E-state index is 0.236. The van der Waals surface area contributed by atoms with Crippen LogP contribution in [-0.4, -0.2) is 45.9 Å². The van der Waals surface area contributed by atoms with Gasteiger partial charge in [-0.25, -0.2) is 0 Å². The summed E-state index contributed by atoms with van der Waals surface area (Å²) < 4.78 is 35.3. The molecule has 0 bridgehead atoms. The van der Waals surface area contributed by atoms with Crippen LogP contribution in [0.2, 0.25) is 0 Å². The van der Waals surface area contributed by atoms with Gasteiger partial charge in [0.05, 0.1) is 45.7 Å². The normalized spacial score (nSPS) is 10.9. The Labute approximate surface area is 228 Å². The first-order valence-corrected chi connectivity index (χ1v) is 13.8. The Balaban J connectivity index is 2.55. The maximum absolute atomic E-state index is 13.6. The first kappa shape index (κ1) is 30.9. The zero-order valence-electron chi connectivity index (χ0n) is 23.9. The van der Waals surface area contributed by atoms with Crippen molar-refractivity contribution in [3.05, 3.63) is 41.5 Å². The molecule has 0 aliphatic heterocycles. The van der Waals surface area contributed by atoms with Gasteiger partial charge in [0.25, 0.3) is 0 Å². The third kappa shape index (κ3) is 9.19. The Morgan fingerprint density at radius 3 is 1.71 bits per heavy atom. The summed E-state index contributed by atoms with van der Waals surface area (Å²) in [5.41, 5.74) is 1.07. The second kappa shape index (κ2) is 17.2. The molecule has 0 N–H and O–H groups in total. The summed E-state index contributed by atoms with van der Waals surface area (Å²) in [4.78, 5) is 13.6. The highest BCUT2D eigenvalue weighted by Crippen LogP contribution is 2.39. The largest absolute Gasteiger partial charge is 0.493 e. The van der Waals surface area contributed by atoms with Crippen molar-refractivity contribution in [2.75, 3.05) is 40.1 Å². The number of carbonyl (C=O) groups is 1. The highest BCUT2D eigenvalue weighted by molar-refractivity contribution is 6.09. The van der Waals surface area contributed by atoms with Crippen LogP contribution in [0.3, 0.4) is 0 Å². The number of hydrogen-bond donors (Lipinski definition) is 0. The van der Waals surface area contributed by atoms with E-state index in [9.17, 15) is 4.79 Å². The molecule has 7 nitrogen and oxygen atoms in total. The molecule has 0 aromatic heterocycles. The maximum Gasteiger partial charge on any atom is 0.189 e. The molecule has 0 amide bonds. The van der Waals surface area contributed by atoms with Crippen LogP contribution in [-0.2, 0) is 0 Å². The van der Waals surface area contributed by atoms with Gasteiger partial charge in [-0.05, 0) is 56.4 Å². The lowest BCUT2D eigenvalue weighted by molar-refractivity contribution is 0.104. The monoisotopic (exact) mass is 528 g/mol. The second-order valence-corrected chi connectivity index (χ2v) is 8.78. The lowest BCUT2D eigenvalue weighted by atomic mass is 10.1. The van der Waals surface area contributed by atoms with Crippen molar-refractivity contribution in [2.24, 2.45) is 0 Å². The van der Waals surface area contributed by atoms with E-state index in [0.29, 0.717) is 78.7 Å². The van der Waals surface area contributed by atoms with Gasteiger partial charge in [0.1, 0.15) is 11.5 Å². The average molecular weight is 529 g/mol. The van der Waals surface area contributed by atoms with E-state index >= 15 is 0 Å². The topological polar surface area (TPSA) is 72.5 Å². The van der Waals surface area contributed by atoms with E-state index in [1.807, 2.05) is 46.8 Å². The first-order chi connectivity index (χ1) is 18.5. The number of carbonyl (C=O) groups excluding carboxylic acids is 1. The van der Waals surface area contributed by atoms with Crippen molar-refractivity contribution in [3.63, 3.8) is 0 Å². The molecule has 0 radical (unpaired) electrons. The van der Waals surface area contributed by atoms with Crippen molar-refractivity contribution < 1.29 is 33.2 Å². The summed E-state index contributed by atoms with van der Waals surface area (Å²) in [6, 6.07) is 7.19. The number of ketones is 1. The van der Waals surface area contributed by atoms with Gasteiger partial charge in [0.2, 0.25) is 0 Å². The Hall–Kier alpha value is -3.35. The van der Waals surface area contributed by atoms with Crippen molar-refractivity contribution in [1.82, 2.24) is 0 Å². The molecule has 0 aliphatic carbocycles. The predicted octanol–water partition coefficient (Wildman–Crippen LogP) is 7.54. The summed E-state index contributed by atoms with van der Waals surface area (Å²) in [5, 5.41) is 0. The molecule has 0 heterocycles. The van der Waals surface area contributed by atoms with Gasteiger partial charge in [-0.15, -0.1) is 0 Å². The van der Waals surface area contributed by atoms with E-state index in [1.165, 1.54) is 6.08 Å². The third-order valence-corrected chi connectivity index (χ3v) is 5.29. The molecule has 0 saturated heterocycles. The highest BCUT2D eigenvalue weighted by Gasteiger charge is 2.20. The number of allylic oxidation sites excluding steroid dienone is 1. The molecule has 7 heteroatoms. The second-order valence-electron chi connectivity index (χ2n) is 8.78. The van der Waals surface area contributed by atoms with Gasteiger partial charge in [0.15, 0.2) is 28.8 Å². The predicted molar refractivity (Wildman–Crippen MR) is 152 cm³/mol. The Bertz CT molecular complexity index is 1030. The average Bonchev–Trinajstić information content (AvgIpc) is 2.94. The Morgan fingerprint density at radius 1 is 0.632 bits per heavy atom. The van der Waals surface area contributed by atoms with Gasteiger partial charge < -0.3 is 28.4 Å². The molecule has 2 aromatic rings. The van der Waals surface area contributed by atoms with Crippen molar-refractivity contribution in [3.8, 4) is 34.5 Å². The molecular formula is C31H44O7. The van der Waals surface area contributed by atoms with E-state index in [2.05, 4.69) is 0 Å². The molecule has 0 unspecified atom stereocenters. The van der Waals surface area contributed by atoms with Crippen LogP contribution in [0.15, 0.2) is 30.3 Å². The Morgan fingerprint density at radius 2 is 1.13 bits per heavy atom. The summed E-state index contributed by atoms with van der Waals surface area (Å²) in [6.07, 6.45) is 7.43. The van der Waals surface area contributed by atoms with E-state index in [1.54, 1.807) is 25.3 Å². The van der Waals surface area contributed by atoms with E-state index in [-0.39, 0.29) is 5.78 Å². The molecule has 210 valence electrons. The van der Waals surface area contributed by atoms with Gasteiger partial charge >= 0.3 is 0 Å². The summed E-state index contributed by atoms with van der Waals surface area (Å²) >= 11 is 0. The fourth-order valence-electron chi connectivity index (χ4n) is 3.53. The van der Waals surface area contributed by atoms with Crippen LogP contribution in [0, 0.1) is 0 Å². The molecular weight excluding hydrogens is 484 g/mol. The number of ether oxygens (including phenoxy) is 6. The molecule has 0 spiro atoms. The zero-order chi connectivity index (χ0) is 27.8. The molecule has 2 rings (SSSR count). The maximum atomic E-state index is 13.6. The SMILES string of the molecule is CCCOc1cc(/C=C/C(=O)c2cc(OCCC)cc(OCCC)c2OCCC)c(OCCC)c(OC)c1. The molecule has 38 heavy (non-hydrogen) atoms. The summed E-state index contributed by atoms with van der Waals surface area (Å²) in [7, 11) is 1.59. The standard InChI is InChI=1S/C31H44O7/c1-7-14-34-24-19-23(30(37-17-10-4)28(21-24)33-6)12-13-27(32)26-20-25(35-15-8-2)22-29(36-16-9-3)31(26)38-18-11-5/h12-13,19-22H,7-11,14-18H2,1-6H3/b13-12+. The van der Waals surface area contributed by atoms with Crippen LogP contribution in [0.5, 0.6) is 34.5 Å². The van der Waals surface area contributed by atoms with Crippen molar-refractivity contribution in [1.29, 1.82) is 0 Å². The number of benzene rings is 2. The van der Waals surface area contributed by atoms with Gasteiger partial charge in [-0.3, -0.25) is 4.79 Å². The van der Waals surface area contributed by atoms with Gasteiger partial charge in [-0.1, -0.05) is 34.6 Å². The van der Waals surface area contributed by atoms with E-state index in [0.717, 1.165) is 32.1 Å². The van der Waals surface area contributed by atoms with E-state index < -0.39 is 0 Å². The zero-order valence-corrected chi connectivity index (χ0v) is 23.9. The number of hydrogen-bond acceptors (Lipinski definition) is 7. The van der Waals surface area contributed by atoms with Crippen LogP contribution in [0.25, 0.3) is 6.08 Å². The molecule has 2 aromatic carbocycles. The summed E-state index contributed by atoms with van der Waals surface area (Å²) in [5.74, 6) is 3.04. The lowest BCUT2D eigenvalue weighted by Gasteiger charge is -2.17. The molecule has 0 saturated carbocycles. The molecule has 0 aliphatic rings. The number of methoxy groups -OCH3 is 1. The van der Waals surface area contributed by atoms with E-state index in [4.69, 9.17) is 28.4 Å². The van der Waals surface area contributed by atoms with Crippen molar-refractivity contribution >= 4 is 11.9 Å². The van der Waals surface area contributed by atoms with Crippen LogP contribution in [0.4, 0.5) is 0 Å². The van der Waals surface area contributed by atoms with Crippen LogP contribution in [0.1, 0.15) is 82.6 Å². The fraction of sp³-hybridized carbons (Fsp3) is 0.516. The van der Waals surface area contributed by atoms with Crippen molar-refractivity contribution in [2.45, 2.75) is 66.7 Å². The third-order valence-electron chi connectivity index (χ3n) is 5.29. The molecule has 0 atom stereocenters. The fourth-order valence-corrected chi connectivity index (χ4v) is 3.53. The Kier molecular flexibility index (Phi) is 14.0. The van der Waals surface area contributed by atoms with Gasteiger partial charge in [-0.2, -0.15) is 0 Å². The minimum Gasteiger partial charge on any atom is -0.493 e. The van der Waals surface area contributed by atoms with Gasteiger partial charge in [0, 0.05) is 17.7 Å². The van der Waals surface area contributed by atoms with Crippen LogP contribution < -0.4 is 28.4 Å². The molecule has 0 fully saturated rings. The quantitative estimate of drug-likeness (QED) is 0.138. The summed E-state index contributed by atoms with van der Waals surface area (Å²) in [6.45, 7) is 12.8. The first-order valence-electron chi connectivity index (χ1n) is 13.8. The highest BCUT2D eigenvalue weighted by atomic mass is 16.5.